The van der Waals surface area contributed by atoms with E-state index in [1.54, 1.807) is 12.2 Å². The summed E-state index contributed by atoms with van der Waals surface area (Å²) in [5.41, 5.74) is 1.19. The van der Waals surface area contributed by atoms with E-state index in [1.807, 2.05) is 24.3 Å². The highest BCUT2D eigenvalue weighted by Crippen LogP contribution is 2.40. The van der Waals surface area contributed by atoms with Crippen LogP contribution in [0.3, 0.4) is 0 Å². The number of hydrogen-bond donors (Lipinski definition) is 0. The molecule has 0 radical (unpaired) electrons. The van der Waals surface area contributed by atoms with Crippen LogP contribution >= 0.6 is 0 Å². The third-order valence-corrected chi connectivity index (χ3v) is 6.19. The minimum Gasteiger partial charge on any atom is -0.871 e. The summed E-state index contributed by atoms with van der Waals surface area (Å²) >= 11 is 0. The Hall–Kier alpha value is -2.88. The first-order valence-corrected chi connectivity index (χ1v) is 12.7. The molecular weight excluding hydrogens is 448 g/mol. The van der Waals surface area contributed by atoms with Crippen molar-refractivity contribution in [2.45, 2.75) is 93.9 Å². The van der Waals surface area contributed by atoms with Gasteiger partial charge in [0.2, 0.25) is 0 Å². The molecule has 0 atom stereocenters. The fraction of sp³-hybridized carbons (Fsp3) is 0.500. The largest absolute Gasteiger partial charge is 0.871 e. The Kier molecular flexibility index (Phi) is 6.85. The molecule has 3 rings (SSSR count). The number of carbonyl (C=O) groups excluding carboxylic acids is 1. The van der Waals surface area contributed by atoms with Gasteiger partial charge in [-0.15, -0.1) is 0 Å². The molecule has 0 aromatic carbocycles. The highest BCUT2D eigenvalue weighted by Gasteiger charge is 2.35. The molecule has 1 aliphatic heterocycles. The Labute approximate surface area is 217 Å². The average Bonchev–Trinajstić information content (AvgIpc) is 2.72. The number of ketones is 1. The Balaban J connectivity index is 2.07. The summed E-state index contributed by atoms with van der Waals surface area (Å²) in [5, 5.41) is 13.1. The van der Waals surface area contributed by atoms with Gasteiger partial charge in [-0.3, -0.25) is 4.79 Å². The van der Waals surface area contributed by atoms with Gasteiger partial charge >= 0.3 is 11.5 Å². The summed E-state index contributed by atoms with van der Waals surface area (Å²) in [6.07, 6.45) is 7.25. The summed E-state index contributed by atoms with van der Waals surface area (Å²) in [6.45, 7) is 25.0. The van der Waals surface area contributed by atoms with Crippen LogP contribution in [0.1, 0.15) is 100 Å². The number of Topliss-reactive ketones (excluding diaryl/α,β-unsaturated/α-hetero) is 1. The van der Waals surface area contributed by atoms with Crippen molar-refractivity contribution in [1.29, 1.82) is 0 Å². The SMILES string of the molecule is CC(C)(C)C1=CC(=CC2=C([O-])C(=Cc3cc(C(C)(C)C)[o+]c(C(C)(C)C)c3)C2=O)C=C(C(C)(C)C)O1. The molecular formula is C32H42O4. The predicted molar refractivity (Wildman–Crippen MR) is 145 cm³/mol. The first-order valence-electron chi connectivity index (χ1n) is 12.7. The molecule has 0 N–H and O–H groups in total. The van der Waals surface area contributed by atoms with Gasteiger partial charge in [0, 0.05) is 34.1 Å². The van der Waals surface area contributed by atoms with Crippen molar-refractivity contribution in [3.63, 3.8) is 0 Å². The van der Waals surface area contributed by atoms with Crippen LogP contribution in [0.4, 0.5) is 0 Å². The van der Waals surface area contributed by atoms with Crippen LogP contribution in [-0.2, 0) is 20.4 Å². The smallest absolute Gasteiger partial charge is 0.335 e. The molecule has 194 valence electrons. The van der Waals surface area contributed by atoms with Crippen molar-refractivity contribution < 1.29 is 19.1 Å². The number of carbonyl (C=O) groups is 1. The second-order valence-electron chi connectivity index (χ2n) is 14.0. The maximum Gasteiger partial charge on any atom is 0.335 e. The molecule has 0 bridgehead atoms. The molecule has 2 aliphatic rings. The van der Waals surface area contributed by atoms with Crippen molar-refractivity contribution in [1.82, 2.24) is 0 Å². The number of allylic oxidation sites excluding steroid dienone is 8. The summed E-state index contributed by atoms with van der Waals surface area (Å²) in [6, 6.07) is 3.85. The van der Waals surface area contributed by atoms with Crippen LogP contribution in [0.5, 0.6) is 0 Å². The lowest BCUT2D eigenvalue weighted by molar-refractivity contribution is -0.300. The van der Waals surface area contributed by atoms with Gasteiger partial charge in [-0.25, -0.2) is 4.42 Å². The molecule has 0 unspecified atom stereocenters. The highest BCUT2D eigenvalue weighted by molar-refractivity contribution is 6.23. The van der Waals surface area contributed by atoms with E-state index in [1.165, 1.54) is 0 Å². The van der Waals surface area contributed by atoms with E-state index in [9.17, 15) is 9.90 Å². The summed E-state index contributed by atoms with van der Waals surface area (Å²) in [5.74, 6) is 2.79. The fourth-order valence-electron chi connectivity index (χ4n) is 3.72. The van der Waals surface area contributed by atoms with Crippen LogP contribution in [-0.4, -0.2) is 5.78 Å². The van der Waals surface area contributed by atoms with Gasteiger partial charge in [-0.1, -0.05) is 47.3 Å². The minimum absolute atomic E-state index is 0.207. The van der Waals surface area contributed by atoms with Gasteiger partial charge in [0.05, 0.1) is 10.8 Å². The maximum absolute atomic E-state index is 13.1. The first kappa shape index (κ1) is 27.7. The maximum atomic E-state index is 13.1. The zero-order chi connectivity index (χ0) is 27.4. The van der Waals surface area contributed by atoms with E-state index in [0.29, 0.717) is 0 Å². The Morgan fingerprint density at radius 1 is 0.722 bits per heavy atom. The minimum atomic E-state index is -0.231. The van der Waals surface area contributed by atoms with Crippen molar-refractivity contribution in [3.8, 4) is 0 Å². The summed E-state index contributed by atoms with van der Waals surface area (Å²) in [4.78, 5) is 13.1. The van der Waals surface area contributed by atoms with E-state index in [2.05, 4.69) is 83.1 Å². The fourth-order valence-corrected chi connectivity index (χ4v) is 3.72. The van der Waals surface area contributed by atoms with E-state index in [0.717, 1.165) is 34.2 Å². The molecule has 4 nitrogen and oxygen atoms in total. The quantitative estimate of drug-likeness (QED) is 0.317. The molecule has 2 heterocycles. The first-order chi connectivity index (χ1) is 16.2. The van der Waals surface area contributed by atoms with Crippen LogP contribution in [0.15, 0.2) is 68.8 Å². The van der Waals surface area contributed by atoms with Crippen molar-refractivity contribution in [2.75, 3.05) is 0 Å². The van der Waals surface area contributed by atoms with Crippen LogP contribution in [0.2, 0.25) is 0 Å². The molecule has 0 spiro atoms. The van der Waals surface area contributed by atoms with Gasteiger partial charge < -0.3 is 9.84 Å². The molecule has 0 amide bonds. The molecule has 4 heteroatoms. The molecule has 1 aromatic rings. The number of rotatable bonds is 2. The molecule has 0 fully saturated rings. The van der Waals surface area contributed by atoms with Crippen molar-refractivity contribution >= 4 is 11.9 Å². The lowest BCUT2D eigenvalue weighted by Crippen LogP contribution is -2.29. The van der Waals surface area contributed by atoms with Crippen LogP contribution < -0.4 is 5.11 Å². The van der Waals surface area contributed by atoms with E-state index in [4.69, 9.17) is 9.15 Å². The topological polar surface area (TPSA) is 60.7 Å². The van der Waals surface area contributed by atoms with Crippen LogP contribution in [0.25, 0.3) is 6.08 Å². The molecule has 36 heavy (non-hydrogen) atoms. The molecule has 0 saturated carbocycles. The lowest BCUT2D eigenvalue weighted by atomic mass is 9.83. The van der Waals surface area contributed by atoms with Crippen molar-refractivity contribution in [3.05, 3.63) is 81.4 Å². The lowest BCUT2D eigenvalue weighted by Gasteiger charge is -2.33. The van der Waals surface area contributed by atoms with Gasteiger partial charge in [0.1, 0.15) is 11.5 Å². The van der Waals surface area contributed by atoms with Crippen molar-refractivity contribution in [2.24, 2.45) is 10.8 Å². The van der Waals surface area contributed by atoms with E-state index in [-0.39, 0.29) is 44.3 Å². The Morgan fingerprint density at radius 3 is 1.53 bits per heavy atom. The van der Waals surface area contributed by atoms with Gasteiger partial charge in [-0.05, 0) is 77.0 Å². The average molecular weight is 491 g/mol. The molecule has 0 saturated heterocycles. The van der Waals surface area contributed by atoms with Gasteiger partial charge in [0.25, 0.3) is 0 Å². The Morgan fingerprint density at radius 2 is 1.17 bits per heavy atom. The monoisotopic (exact) mass is 490 g/mol. The zero-order valence-corrected chi connectivity index (χ0v) is 24.1. The highest BCUT2D eigenvalue weighted by atomic mass is 16.5. The van der Waals surface area contributed by atoms with Crippen LogP contribution in [0, 0.1) is 10.8 Å². The number of ether oxygens (including phenoxy) is 1. The summed E-state index contributed by atoms with van der Waals surface area (Å²) in [7, 11) is 0. The standard InChI is InChI=1S/C32H42O4/c1-29(2,3)23-15-19(16-24(35-23)30(4,5)6)13-21-27(33)22(28(21)34)14-20-17-25(31(7,8)9)36-26(18-20)32(10,11)12/h13-18H,1-12H3. The third kappa shape index (κ3) is 5.91. The zero-order valence-electron chi connectivity index (χ0n) is 24.1. The normalized spacial score (nSPS) is 18.6. The predicted octanol–water partition coefficient (Wildman–Crippen LogP) is 7.55. The summed E-state index contributed by atoms with van der Waals surface area (Å²) < 4.78 is 12.4. The molecule has 1 aromatic heterocycles. The third-order valence-electron chi connectivity index (χ3n) is 6.19. The van der Waals surface area contributed by atoms with E-state index < -0.39 is 0 Å². The van der Waals surface area contributed by atoms with E-state index >= 15 is 0 Å². The molecule has 1 aliphatic carbocycles. The second-order valence-corrected chi connectivity index (χ2v) is 14.0. The Bertz CT molecular complexity index is 1170. The number of hydrogen-bond acceptors (Lipinski definition) is 3. The van der Waals surface area contributed by atoms with Gasteiger partial charge in [-0.2, -0.15) is 0 Å². The van der Waals surface area contributed by atoms with Gasteiger partial charge in [0.15, 0.2) is 5.78 Å². The second kappa shape index (κ2) is 8.90.